The second-order valence-corrected chi connectivity index (χ2v) is 3.23. The molecule has 0 saturated carbocycles. The Morgan fingerprint density at radius 2 is 2.00 bits per heavy atom. The Balaban J connectivity index is 3.17. The van der Waals surface area contributed by atoms with Crippen LogP contribution in [0.15, 0.2) is 6.07 Å². The van der Waals surface area contributed by atoms with Gasteiger partial charge in [-0.1, -0.05) is 0 Å². The van der Waals surface area contributed by atoms with Crippen molar-refractivity contribution in [3.8, 4) is 0 Å². The first-order valence-electron chi connectivity index (χ1n) is 4.17. The lowest BCUT2D eigenvalue weighted by molar-refractivity contribution is -0.141. The van der Waals surface area contributed by atoms with Gasteiger partial charge in [0, 0.05) is 19.7 Å². The number of hydrogen-bond acceptors (Lipinski definition) is 3. The highest BCUT2D eigenvalue weighted by Crippen LogP contribution is 2.30. The lowest BCUT2D eigenvalue weighted by Crippen LogP contribution is -2.19. The van der Waals surface area contributed by atoms with Crippen LogP contribution in [0.2, 0.25) is 5.28 Å². The molecule has 3 nitrogen and oxygen atoms in total. The number of nitrogens with zero attached hydrogens (tertiary/aromatic N) is 3. The summed E-state index contributed by atoms with van der Waals surface area (Å²) in [6.07, 6.45) is -4.50. The fraction of sp³-hybridized carbons (Fsp3) is 0.500. The van der Waals surface area contributed by atoms with Crippen molar-refractivity contribution in [2.75, 3.05) is 18.5 Å². The van der Waals surface area contributed by atoms with Gasteiger partial charge >= 0.3 is 6.18 Å². The second kappa shape index (κ2) is 4.22. The number of aromatic nitrogens is 2. The Kier molecular flexibility index (Phi) is 3.38. The molecular weight excluding hydrogens is 231 g/mol. The molecule has 0 spiro atoms. The van der Waals surface area contributed by atoms with Crippen LogP contribution in [-0.4, -0.2) is 23.6 Å². The first-order chi connectivity index (χ1) is 6.84. The molecule has 0 saturated heterocycles. The van der Waals surface area contributed by atoms with E-state index in [2.05, 4.69) is 9.97 Å². The molecule has 0 unspecified atom stereocenters. The predicted molar refractivity (Wildman–Crippen MR) is 51.0 cm³/mol. The van der Waals surface area contributed by atoms with Gasteiger partial charge in [-0.25, -0.2) is 9.97 Å². The van der Waals surface area contributed by atoms with Crippen LogP contribution in [0.1, 0.15) is 12.6 Å². The molecule has 15 heavy (non-hydrogen) atoms. The van der Waals surface area contributed by atoms with Crippen LogP contribution in [0, 0.1) is 0 Å². The highest BCUT2D eigenvalue weighted by molar-refractivity contribution is 6.28. The van der Waals surface area contributed by atoms with E-state index < -0.39 is 17.2 Å². The summed E-state index contributed by atoms with van der Waals surface area (Å²) in [5.74, 6) is 0.157. The summed E-state index contributed by atoms with van der Waals surface area (Å²) in [7, 11) is 1.62. The van der Waals surface area contributed by atoms with Gasteiger partial charge in [-0.15, -0.1) is 0 Å². The third kappa shape index (κ3) is 2.95. The topological polar surface area (TPSA) is 29.0 Å². The molecule has 0 aliphatic carbocycles. The maximum Gasteiger partial charge on any atom is 0.433 e. The molecule has 0 bridgehead atoms. The summed E-state index contributed by atoms with van der Waals surface area (Å²) < 4.78 is 37.0. The van der Waals surface area contributed by atoms with E-state index in [9.17, 15) is 13.2 Å². The van der Waals surface area contributed by atoms with Crippen molar-refractivity contribution in [3.63, 3.8) is 0 Å². The standard InChI is InChI=1S/C8H9ClF3N3/c1-3-15(2)6-4-5(8(10,11)12)13-7(9)14-6/h4H,3H2,1-2H3. The van der Waals surface area contributed by atoms with Crippen molar-refractivity contribution < 1.29 is 13.2 Å². The van der Waals surface area contributed by atoms with Crippen molar-refractivity contribution in [2.45, 2.75) is 13.1 Å². The van der Waals surface area contributed by atoms with Crippen molar-refractivity contribution in [1.29, 1.82) is 0 Å². The van der Waals surface area contributed by atoms with E-state index >= 15 is 0 Å². The molecule has 0 atom stereocenters. The number of rotatable bonds is 2. The maximum absolute atomic E-state index is 12.3. The van der Waals surface area contributed by atoms with E-state index in [1.807, 2.05) is 0 Å². The number of hydrogen-bond donors (Lipinski definition) is 0. The maximum atomic E-state index is 12.3. The second-order valence-electron chi connectivity index (χ2n) is 2.89. The molecule has 84 valence electrons. The summed E-state index contributed by atoms with van der Waals surface area (Å²) >= 11 is 5.41. The van der Waals surface area contributed by atoms with Gasteiger partial charge in [0.25, 0.3) is 0 Å². The average Bonchev–Trinajstić information content (AvgIpc) is 2.14. The molecule has 1 rings (SSSR count). The highest BCUT2D eigenvalue weighted by atomic mass is 35.5. The van der Waals surface area contributed by atoms with Gasteiger partial charge < -0.3 is 4.90 Å². The minimum Gasteiger partial charge on any atom is -0.360 e. The van der Waals surface area contributed by atoms with E-state index in [4.69, 9.17) is 11.6 Å². The smallest absolute Gasteiger partial charge is 0.360 e. The van der Waals surface area contributed by atoms with E-state index in [0.29, 0.717) is 6.54 Å². The molecule has 0 radical (unpaired) electrons. The molecule has 0 fully saturated rings. The summed E-state index contributed by atoms with van der Waals surface area (Å²) in [5.41, 5.74) is -1.03. The normalized spacial score (nSPS) is 11.6. The van der Waals surface area contributed by atoms with E-state index in [0.717, 1.165) is 6.07 Å². The Labute approximate surface area is 89.9 Å². The monoisotopic (exact) mass is 239 g/mol. The Morgan fingerprint density at radius 1 is 1.40 bits per heavy atom. The fourth-order valence-corrected chi connectivity index (χ4v) is 1.09. The largest absolute Gasteiger partial charge is 0.433 e. The van der Waals surface area contributed by atoms with Crippen molar-refractivity contribution >= 4 is 17.4 Å². The van der Waals surface area contributed by atoms with Gasteiger partial charge in [-0.2, -0.15) is 13.2 Å². The molecule has 1 aromatic rings. The van der Waals surface area contributed by atoms with Crippen molar-refractivity contribution in [3.05, 3.63) is 17.0 Å². The Morgan fingerprint density at radius 3 is 2.47 bits per heavy atom. The fourth-order valence-electron chi connectivity index (χ4n) is 0.909. The quantitative estimate of drug-likeness (QED) is 0.743. The summed E-state index contributed by atoms with van der Waals surface area (Å²) in [5, 5.41) is -0.403. The number of anilines is 1. The van der Waals surface area contributed by atoms with Gasteiger partial charge in [0.15, 0.2) is 5.69 Å². The Bertz CT molecular complexity index is 353. The van der Waals surface area contributed by atoms with Gasteiger partial charge in [0.2, 0.25) is 5.28 Å². The summed E-state index contributed by atoms with van der Waals surface area (Å²) in [4.78, 5) is 8.37. The third-order valence-electron chi connectivity index (χ3n) is 1.84. The molecule has 1 heterocycles. The zero-order valence-corrected chi connectivity index (χ0v) is 8.89. The SMILES string of the molecule is CCN(C)c1cc(C(F)(F)F)nc(Cl)n1. The molecule has 1 aromatic heterocycles. The minimum atomic E-state index is -4.50. The zero-order valence-electron chi connectivity index (χ0n) is 8.14. The van der Waals surface area contributed by atoms with Crippen LogP contribution >= 0.6 is 11.6 Å². The predicted octanol–water partition coefficient (Wildman–Crippen LogP) is 2.60. The highest BCUT2D eigenvalue weighted by Gasteiger charge is 2.33. The Hall–Kier alpha value is -1.04. The molecule has 0 aliphatic rings. The zero-order chi connectivity index (χ0) is 11.6. The lowest BCUT2D eigenvalue weighted by Gasteiger charge is -2.16. The molecule has 0 N–H and O–H groups in total. The molecule has 0 amide bonds. The van der Waals surface area contributed by atoms with Crippen LogP contribution in [0.3, 0.4) is 0 Å². The van der Waals surface area contributed by atoms with Crippen molar-refractivity contribution in [1.82, 2.24) is 9.97 Å². The summed E-state index contributed by atoms with van der Waals surface area (Å²) in [6.45, 7) is 2.33. The van der Waals surface area contributed by atoms with Crippen LogP contribution in [-0.2, 0) is 6.18 Å². The first kappa shape index (κ1) is 12.0. The molecule has 0 aliphatic heterocycles. The van der Waals surface area contributed by atoms with E-state index in [-0.39, 0.29) is 5.82 Å². The van der Waals surface area contributed by atoms with Crippen LogP contribution in [0.5, 0.6) is 0 Å². The first-order valence-corrected chi connectivity index (χ1v) is 4.55. The van der Waals surface area contributed by atoms with Gasteiger partial charge in [-0.3, -0.25) is 0 Å². The van der Waals surface area contributed by atoms with Gasteiger partial charge in [0.05, 0.1) is 0 Å². The van der Waals surface area contributed by atoms with Gasteiger partial charge in [0.1, 0.15) is 5.82 Å². The van der Waals surface area contributed by atoms with Crippen LogP contribution < -0.4 is 4.90 Å². The van der Waals surface area contributed by atoms with Crippen LogP contribution in [0.25, 0.3) is 0 Å². The third-order valence-corrected chi connectivity index (χ3v) is 2.01. The number of halogens is 4. The average molecular weight is 240 g/mol. The van der Waals surface area contributed by atoms with E-state index in [1.165, 1.54) is 0 Å². The molecule has 0 aromatic carbocycles. The van der Waals surface area contributed by atoms with Gasteiger partial charge in [-0.05, 0) is 18.5 Å². The lowest BCUT2D eigenvalue weighted by atomic mass is 10.3. The minimum absolute atomic E-state index is 0.157. The van der Waals surface area contributed by atoms with Crippen LogP contribution in [0.4, 0.5) is 19.0 Å². The molecular formula is C8H9ClF3N3. The van der Waals surface area contributed by atoms with E-state index in [1.54, 1.807) is 18.9 Å². The molecule has 7 heteroatoms. The summed E-state index contributed by atoms with van der Waals surface area (Å²) in [6, 6.07) is 0.870. The van der Waals surface area contributed by atoms with Crippen molar-refractivity contribution in [2.24, 2.45) is 0 Å². The number of alkyl halides is 3.